The normalized spacial score (nSPS) is 9.96. The molecule has 1 aromatic carbocycles. The third-order valence-corrected chi connectivity index (χ3v) is 3.26. The van der Waals surface area contributed by atoms with Crippen LogP contribution in [0, 0.1) is 0 Å². The van der Waals surface area contributed by atoms with Gasteiger partial charge in [0.2, 0.25) is 11.8 Å². The number of anilines is 1. The number of nitrogens with one attached hydrogen (secondary N) is 2. The van der Waals surface area contributed by atoms with Gasteiger partial charge in [-0.25, -0.2) is 4.79 Å². The van der Waals surface area contributed by atoms with E-state index in [-0.39, 0.29) is 18.6 Å². The Kier molecular flexibility index (Phi) is 6.65. The molecule has 0 saturated carbocycles. The predicted molar refractivity (Wildman–Crippen MR) is 91.7 cm³/mol. The van der Waals surface area contributed by atoms with E-state index in [4.69, 9.17) is 4.74 Å². The van der Waals surface area contributed by atoms with Gasteiger partial charge in [-0.15, -0.1) is 0 Å². The molecule has 0 aliphatic carbocycles. The molecular formula is C18H19N3O4. The minimum atomic E-state index is -0.527. The fourth-order valence-electron chi connectivity index (χ4n) is 2.08. The number of carbonyl (C=O) groups excluding carboxylic acids is 3. The van der Waals surface area contributed by atoms with Gasteiger partial charge >= 0.3 is 5.97 Å². The van der Waals surface area contributed by atoms with Crippen LogP contribution in [0.5, 0.6) is 0 Å². The highest BCUT2D eigenvalue weighted by molar-refractivity contribution is 6.06. The number of rotatable bonds is 7. The zero-order valence-corrected chi connectivity index (χ0v) is 13.8. The number of para-hydroxylation sites is 1. The average molecular weight is 341 g/mol. The van der Waals surface area contributed by atoms with Crippen LogP contribution in [0.15, 0.2) is 48.8 Å². The van der Waals surface area contributed by atoms with Crippen LogP contribution in [0.25, 0.3) is 0 Å². The van der Waals surface area contributed by atoms with E-state index in [0.29, 0.717) is 12.2 Å². The van der Waals surface area contributed by atoms with Crippen LogP contribution >= 0.6 is 0 Å². The predicted octanol–water partition coefficient (Wildman–Crippen LogP) is 1.90. The summed E-state index contributed by atoms with van der Waals surface area (Å²) >= 11 is 0. The molecule has 0 saturated heterocycles. The van der Waals surface area contributed by atoms with E-state index in [2.05, 4.69) is 15.6 Å². The number of nitrogens with zero attached hydrogens (tertiary/aromatic N) is 1. The van der Waals surface area contributed by atoms with Crippen molar-refractivity contribution in [1.82, 2.24) is 10.3 Å². The van der Waals surface area contributed by atoms with Gasteiger partial charge in [-0.1, -0.05) is 12.1 Å². The van der Waals surface area contributed by atoms with Crippen molar-refractivity contribution in [3.63, 3.8) is 0 Å². The molecule has 0 radical (unpaired) electrons. The number of hydrogen-bond acceptors (Lipinski definition) is 5. The number of ether oxygens (including phenoxy) is 1. The highest BCUT2D eigenvalue weighted by atomic mass is 16.5. The largest absolute Gasteiger partial charge is 0.462 e. The summed E-state index contributed by atoms with van der Waals surface area (Å²) in [5.41, 5.74) is 1.44. The van der Waals surface area contributed by atoms with Gasteiger partial charge < -0.3 is 15.4 Å². The molecule has 0 unspecified atom stereocenters. The quantitative estimate of drug-likeness (QED) is 0.592. The number of pyridine rings is 1. The first kappa shape index (κ1) is 18.1. The maximum absolute atomic E-state index is 12.0. The lowest BCUT2D eigenvalue weighted by molar-refractivity contribution is -0.126. The molecule has 0 bridgehead atoms. The Hall–Kier alpha value is -3.22. The summed E-state index contributed by atoms with van der Waals surface area (Å²) in [6.07, 6.45) is 2.91. The summed E-state index contributed by atoms with van der Waals surface area (Å²) in [6.45, 7) is 2.25. The van der Waals surface area contributed by atoms with Crippen molar-refractivity contribution >= 4 is 23.5 Å². The summed E-state index contributed by atoms with van der Waals surface area (Å²) in [5.74, 6) is -1.45. The Morgan fingerprint density at radius 2 is 1.76 bits per heavy atom. The van der Waals surface area contributed by atoms with Gasteiger partial charge in [0.05, 0.1) is 17.9 Å². The van der Waals surface area contributed by atoms with E-state index in [1.54, 1.807) is 55.7 Å². The van der Waals surface area contributed by atoms with Crippen LogP contribution in [-0.4, -0.2) is 29.4 Å². The Morgan fingerprint density at radius 1 is 1.04 bits per heavy atom. The van der Waals surface area contributed by atoms with Crippen molar-refractivity contribution in [2.45, 2.75) is 19.9 Å². The van der Waals surface area contributed by atoms with Crippen LogP contribution in [0.4, 0.5) is 5.69 Å². The van der Waals surface area contributed by atoms with Crippen LogP contribution in [0.3, 0.4) is 0 Å². The fraction of sp³-hybridized carbons (Fsp3) is 0.222. The van der Waals surface area contributed by atoms with E-state index in [9.17, 15) is 14.4 Å². The summed E-state index contributed by atoms with van der Waals surface area (Å²) < 4.78 is 4.94. The second kappa shape index (κ2) is 9.17. The molecule has 7 nitrogen and oxygen atoms in total. The molecule has 2 N–H and O–H groups in total. The molecule has 0 spiro atoms. The first-order chi connectivity index (χ1) is 12.1. The maximum atomic E-state index is 12.0. The minimum absolute atomic E-state index is 0.235. The first-order valence-electron chi connectivity index (χ1n) is 7.81. The summed E-state index contributed by atoms with van der Waals surface area (Å²) in [6, 6.07) is 10.0. The molecular weight excluding hydrogens is 322 g/mol. The zero-order chi connectivity index (χ0) is 18.1. The highest BCUT2D eigenvalue weighted by Crippen LogP contribution is 2.16. The number of esters is 1. The van der Waals surface area contributed by atoms with Crippen LogP contribution in [-0.2, 0) is 20.9 Å². The second-order valence-corrected chi connectivity index (χ2v) is 5.12. The molecule has 0 aliphatic heterocycles. The Balaban J connectivity index is 1.89. The number of amides is 2. The number of carbonyl (C=O) groups is 3. The average Bonchev–Trinajstić information content (AvgIpc) is 2.61. The molecule has 2 aromatic rings. The van der Waals surface area contributed by atoms with Crippen LogP contribution in [0.2, 0.25) is 0 Å². The summed E-state index contributed by atoms with van der Waals surface area (Å²) in [5, 5.41) is 5.22. The van der Waals surface area contributed by atoms with E-state index in [1.165, 1.54) is 0 Å². The monoisotopic (exact) mass is 341 g/mol. The Bertz CT molecular complexity index is 747. The Morgan fingerprint density at radius 3 is 2.48 bits per heavy atom. The lowest BCUT2D eigenvalue weighted by Crippen LogP contribution is -2.28. The molecule has 2 amide bonds. The van der Waals surface area contributed by atoms with E-state index in [1.807, 2.05) is 0 Å². The van der Waals surface area contributed by atoms with Gasteiger partial charge in [0.15, 0.2) is 0 Å². The fourth-order valence-corrected chi connectivity index (χ4v) is 2.08. The second-order valence-electron chi connectivity index (χ2n) is 5.12. The molecule has 2 rings (SSSR count). The van der Waals surface area contributed by atoms with Gasteiger partial charge in [-0.2, -0.15) is 0 Å². The zero-order valence-electron chi connectivity index (χ0n) is 13.8. The van der Waals surface area contributed by atoms with Gasteiger partial charge in [0.1, 0.15) is 6.42 Å². The van der Waals surface area contributed by atoms with E-state index in [0.717, 1.165) is 5.56 Å². The number of aromatic nitrogens is 1. The molecule has 7 heteroatoms. The molecule has 25 heavy (non-hydrogen) atoms. The highest BCUT2D eigenvalue weighted by Gasteiger charge is 2.15. The molecule has 0 aliphatic rings. The minimum Gasteiger partial charge on any atom is -0.462 e. The molecule has 0 atom stereocenters. The lowest BCUT2D eigenvalue weighted by Gasteiger charge is -2.10. The Labute approximate surface area is 145 Å². The van der Waals surface area contributed by atoms with Crippen molar-refractivity contribution < 1.29 is 19.1 Å². The summed E-state index contributed by atoms with van der Waals surface area (Å²) in [7, 11) is 0. The van der Waals surface area contributed by atoms with Crippen LogP contribution in [0.1, 0.15) is 29.3 Å². The van der Waals surface area contributed by atoms with Crippen molar-refractivity contribution in [2.24, 2.45) is 0 Å². The molecule has 1 heterocycles. The SMILES string of the molecule is CCOC(=O)c1ccccc1NC(=O)CC(=O)NCc1ccncc1. The van der Waals surface area contributed by atoms with Crippen molar-refractivity contribution in [3.05, 3.63) is 59.9 Å². The third-order valence-electron chi connectivity index (χ3n) is 3.26. The maximum Gasteiger partial charge on any atom is 0.340 e. The smallest absolute Gasteiger partial charge is 0.340 e. The van der Waals surface area contributed by atoms with Gasteiger partial charge in [0, 0.05) is 18.9 Å². The number of benzene rings is 1. The van der Waals surface area contributed by atoms with Crippen LogP contribution < -0.4 is 10.6 Å². The molecule has 130 valence electrons. The van der Waals surface area contributed by atoms with Crippen molar-refractivity contribution in [1.29, 1.82) is 0 Å². The molecule has 1 aromatic heterocycles. The van der Waals surface area contributed by atoms with Crippen molar-refractivity contribution in [2.75, 3.05) is 11.9 Å². The van der Waals surface area contributed by atoms with Crippen molar-refractivity contribution in [3.8, 4) is 0 Å². The van der Waals surface area contributed by atoms with E-state index < -0.39 is 17.8 Å². The summed E-state index contributed by atoms with van der Waals surface area (Å²) in [4.78, 5) is 39.7. The topological polar surface area (TPSA) is 97.4 Å². The van der Waals surface area contributed by atoms with Gasteiger partial charge in [-0.3, -0.25) is 14.6 Å². The third kappa shape index (κ3) is 5.72. The van der Waals surface area contributed by atoms with E-state index >= 15 is 0 Å². The molecule has 0 fully saturated rings. The first-order valence-corrected chi connectivity index (χ1v) is 7.81. The number of hydrogen-bond donors (Lipinski definition) is 2. The van der Waals surface area contributed by atoms with Gasteiger partial charge in [-0.05, 0) is 36.8 Å². The standard InChI is InChI=1S/C18H19N3O4/c1-2-25-18(24)14-5-3-4-6-15(14)21-17(23)11-16(22)20-12-13-7-9-19-10-8-13/h3-10H,2,11-12H2,1H3,(H,20,22)(H,21,23). The lowest BCUT2D eigenvalue weighted by atomic mass is 10.1. The van der Waals surface area contributed by atoms with Gasteiger partial charge in [0.25, 0.3) is 0 Å².